The second-order valence-corrected chi connectivity index (χ2v) is 8.62. The average molecular weight is 504 g/mol. The highest BCUT2D eigenvalue weighted by atomic mass is 35.5. The van der Waals surface area contributed by atoms with Gasteiger partial charge in [0.05, 0.1) is 50.2 Å². The molecular weight excluding hydrogens is 485 g/mol. The maximum Gasteiger partial charge on any atom is 0.337 e. The van der Waals surface area contributed by atoms with Crippen LogP contribution in [0, 0.1) is 11.3 Å². The van der Waals surface area contributed by atoms with Gasteiger partial charge in [-0.15, -0.1) is 0 Å². The molecule has 0 fully saturated rings. The Labute approximate surface area is 205 Å². The fraction of sp³-hybridized carbons (Fsp3) is 0.174. The number of esters is 1. The number of nitrogens with zero attached hydrogens (tertiary/aromatic N) is 1. The lowest BCUT2D eigenvalue weighted by Crippen LogP contribution is -2.29. The van der Waals surface area contributed by atoms with E-state index in [0.29, 0.717) is 32.2 Å². The number of nitriles is 1. The van der Waals surface area contributed by atoms with E-state index in [4.69, 9.17) is 32.4 Å². The smallest absolute Gasteiger partial charge is 0.337 e. The number of nitrogens with one attached hydrogen (secondary N) is 2. The molecule has 0 saturated carbocycles. The van der Waals surface area contributed by atoms with Crippen molar-refractivity contribution in [1.29, 1.82) is 5.26 Å². The highest BCUT2D eigenvalue weighted by Gasteiger charge is 2.37. The van der Waals surface area contributed by atoms with Crippen LogP contribution in [0.5, 0.6) is 0 Å². The molecule has 7 nitrogen and oxygen atoms in total. The molecule has 2 N–H and O–H groups in total. The van der Waals surface area contributed by atoms with Gasteiger partial charge in [-0.25, -0.2) is 4.79 Å². The summed E-state index contributed by atoms with van der Waals surface area (Å²) >= 11 is 13.0. The van der Waals surface area contributed by atoms with Crippen LogP contribution in [-0.2, 0) is 14.3 Å². The summed E-state index contributed by atoms with van der Waals surface area (Å²) in [6.07, 6.45) is 2.92. The molecule has 1 atom stereocenters. The van der Waals surface area contributed by atoms with Crippen LogP contribution in [0.15, 0.2) is 75.5 Å². The van der Waals surface area contributed by atoms with Gasteiger partial charge < -0.3 is 19.8 Å². The van der Waals surface area contributed by atoms with Crippen molar-refractivity contribution in [3.8, 4) is 6.07 Å². The molecule has 1 aliphatic rings. The van der Waals surface area contributed by atoms with Gasteiger partial charge in [0.2, 0.25) is 5.91 Å². The van der Waals surface area contributed by atoms with Crippen LogP contribution in [0.2, 0.25) is 10.0 Å². The average Bonchev–Trinajstić information content (AvgIpc) is 3.32. The minimum Gasteiger partial charge on any atom is -0.468 e. The first-order chi connectivity index (χ1) is 15.8. The Morgan fingerprint density at radius 2 is 2.15 bits per heavy atom. The third-order valence-corrected chi connectivity index (χ3v) is 6.33. The maximum atomic E-state index is 12.7. The summed E-state index contributed by atoms with van der Waals surface area (Å²) in [5, 5.41) is 16.9. The largest absolute Gasteiger partial charge is 0.468 e. The number of thioether (sulfide) groups is 1. The molecule has 2 aromatic rings. The summed E-state index contributed by atoms with van der Waals surface area (Å²) in [4.78, 5) is 25.2. The Morgan fingerprint density at radius 3 is 2.79 bits per heavy atom. The molecule has 0 bridgehead atoms. The van der Waals surface area contributed by atoms with E-state index in [1.54, 1.807) is 37.3 Å². The van der Waals surface area contributed by atoms with E-state index in [0.717, 1.165) is 11.8 Å². The van der Waals surface area contributed by atoms with E-state index in [-0.39, 0.29) is 29.4 Å². The first-order valence-corrected chi connectivity index (χ1v) is 11.4. The molecule has 0 unspecified atom stereocenters. The van der Waals surface area contributed by atoms with Crippen molar-refractivity contribution in [3.05, 3.63) is 86.9 Å². The van der Waals surface area contributed by atoms with E-state index in [9.17, 15) is 14.9 Å². The number of amides is 1. The number of carbonyl (C=O) groups excluding carboxylic acids is 2. The number of ether oxygens (including phenoxy) is 1. The van der Waals surface area contributed by atoms with Crippen molar-refractivity contribution in [1.82, 2.24) is 5.32 Å². The van der Waals surface area contributed by atoms with Gasteiger partial charge in [0.15, 0.2) is 0 Å². The normalized spacial score (nSPS) is 15.5. The second kappa shape index (κ2) is 11.1. The van der Waals surface area contributed by atoms with Crippen LogP contribution in [0.25, 0.3) is 0 Å². The molecule has 33 heavy (non-hydrogen) atoms. The van der Waals surface area contributed by atoms with Crippen LogP contribution in [-0.4, -0.2) is 24.2 Å². The van der Waals surface area contributed by atoms with Crippen LogP contribution in [0.4, 0.5) is 5.69 Å². The highest BCUT2D eigenvalue weighted by Crippen LogP contribution is 2.41. The Hall–Kier alpha value is -3.12. The topological polar surface area (TPSA) is 104 Å². The van der Waals surface area contributed by atoms with E-state index in [1.165, 1.54) is 12.3 Å². The molecule has 0 radical (unpaired) electrons. The van der Waals surface area contributed by atoms with Crippen LogP contribution in [0.1, 0.15) is 18.6 Å². The van der Waals surface area contributed by atoms with Gasteiger partial charge in [-0.05, 0) is 37.3 Å². The Balaban J connectivity index is 1.83. The molecular formula is C23H19Cl2N3O4S. The minimum absolute atomic E-state index is 0.00214. The zero-order valence-electron chi connectivity index (χ0n) is 17.5. The zero-order chi connectivity index (χ0) is 24.0. The Bertz CT molecular complexity index is 1180. The van der Waals surface area contributed by atoms with Gasteiger partial charge in [-0.3, -0.25) is 4.79 Å². The van der Waals surface area contributed by atoms with Gasteiger partial charge in [-0.1, -0.05) is 47.6 Å². The highest BCUT2D eigenvalue weighted by molar-refractivity contribution is 8.03. The Morgan fingerprint density at radius 1 is 1.36 bits per heavy atom. The van der Waals surface area contributed by atoms with Gasteiger partial charge in [0.25, 0.3) is 0 Å². The molecule has 170 valence electrons. The van der Waals surface area contributed by atoms with Gasteiger partial charge in [0, 0.05) is 11.4 Å². The fourth-order valence-corrected chi connectivity index (χ4v) is 4.35. The predicted molar refractivity (Wildman–Crippen MR) is 129 cm³/mol. The van der Waals surface area contributed by atoms with Gasteiger partial charge in [0.1, 0.15) is 12.4 Å². The molecule has 0 aliphatic carbocycles. The van der Waals surface area contributed by atoms with Crippen molar-refractivity contribution < 1.29 is 18.7 Å². The SMILES string of the molecule is C=CCOC(=O)C1=C(C)NC(SCC(=O)Nc2ccc(Cl)c(Cl)c2)=C(C#N)[C@@H]1c1ccco1. The lowest BCUT2D eigenvalue weighted by Gasteiger charge is -2.27. The van der Waals surface area contributed by atoms with Crippen LogP contribution >= 0.6 is 35.0 Å². The van der Waals surface area contributed by atoms with E-state index in [1.807, 2.05) is 0 Å². The molecule has 1 aromatic carbocycles. The third kappa shape index (κ3) is 5.82. The molecule has 1 amide bonds. The van der Waals surface area contributed by atoms with Crippen LogP contribution < -0.4 is 10.6 Å². The van der Waals surface area contributed by atoms with Crippen LogP contribution in [0.3, 0.4) is 0 Å². The van der Waals surface area contributed by atoms with Crippen molar-refractivity contribution in [2.75, 3.05) is 17.7 Å². The number of carbonyl (C=O) groups is 2. The third-order valence-electron chi connectivity index (χ3n) is 4.58. The number of hydrogen-bond donors (Lipinski definition) is 2. The number of rotatable bonds is 8. The summed E-state index contributed by atoms with van der Waals surface area (Å²) < 4.78 is 10.7. The summed E-state index contributed by atoms with van der Waals surface area (Å²) in [5.74, 6) is -1.25. The number of hydrogen-bond acceptors (Lipinski definition) is 7. The fourth-order valence-electron chi connectivity index (χ4n) is 3.16. The Kier molecular flexibility index (Phi) is 8.28. The summed E-state index contributed by atoms with van der Waals surface area (Å²) in [6.45, 7) is 5.27. The first-order valence-electron chi connectivity index (χ1n) is 9.66. The minimum atomic E-state index is -0.774. The number of anilines is 1. The lowest BCUT2D eigenvalue weighted by molar-refractivity contribution is -0.138. The van der Waals surface area contributed by atoms with Crippen molar-refractivity contribution in [3.63, 3.8) is 0 Å². The van der Waals surface area contributed by atoms with E-state index >= 15 is 0 Å². The first kappa shape index (κ1) is 24.5. The molecule has 0 spiro atoms. The van der Waals surface area contributed by atoms with Crippen molar-refractivity contribution >= 4 is 52.5 Å². The van der Waals surface area contributed by atoms with Crippen molar-refractivity contribution in [2.45, 2.75) is 12.8 Å². The number of dihydropyridines is 1. The standard InChI is InChI=1S/C23H19Cl2N3O4S/c1-3-8-32-23(30)20-13(2)27-22(15(11-26)21(20)18-5-4-9-31-18)33-12-19(29)28-14-6-7-16(24)17(25)10-14/h3-7,9-10,21,27H,1,8,12H2,2H3,(H,28,29)/t21-/m1/s1. The lowest BCUT2D eigenvalue weighted by atomic mass is 9.86. The molecule has 2 heterocycles. The van der Waals surface area contributed by atoms with Gasteiger partial charge in [-0.2, -0.15) is 5.26 Å². The number of furan rings is 1. The molecule has 1 aromatic heterocycles. The second-order valence-electron chi connectivity index (χ2n) is 6.82. The number of allylic oxidation sites excluding steroid dienone is 2. The summed E-state index contributed by atoms with van der Waals surface area (Å²) in [7, 11) is 0. The van der Waals surface area contributed by atoms with Gasteiger partial charge >= 0.3 is 5.97 Å². The number of benzene rings is 1. The molecule has 10 heteroatoms. The summed E-state index contributed by atoms with van der Waals surface area (Å²) in [6, 6.07) is 10.3. The summed E-state index contributed by atoms with van der Waals surface area (Å²) in [5.41, 5.74) is 1.50. The van der Waals surface area contributed by atoms with E-state index < -0.39 is 11.9 Å². The van der Waals surface area contributed by atoms with Crippen molar-refractivity contribution in [2.24, 2.45) is 0 Å². The molecule has 3 rings (SSSR count). The monoisotopic (exact) mass is 503 g/mol. The zero-order valence-corrected chi connectivity index (χ0v) is 19.8. The van der Waals surface area contributed by atoms with E-state index in [2.05, 4.69) is 23.3 Å². The maximum absolute atomic E-state index is 12.7. The molecule has 1 aliphatic heterocycles. The quantitative estimate of drug-likeness (QED) is 0.367. The predicted octanol–water partition coefficient (Wildman–Crippen LogP) is 5.38. The number of halogens is 2. The molecule has 0 saturated heterocycles.